The summed E-state index contributed by atoms with van der Waals surface area (Å²) in [5, 5.41) is 0.346. The van der Waals surface area contributed by atoms with Crippen molar-refractivity contribution in [2.75, 3.05) is 0 Å². The second kappa shape index (κ2) is 7.23. The van der Waals surface area contributed by atoms with Gasteiger partial charge in [-0.2, -0.15) is 26.3 Å². The highest BCUT2D eigenvalue weighted by Crippen LogP contribution is 2.50. The van der Waals surface area contributed by atoms with E-state index in [4.69, 9.17) is 0 Å². The second-order valence-electron chi connectivity index (χ2n) is 7.66. The van der Waals surface area contributed by atoms with Gasteiger partial charge in [-0.15, -0.1) is 0 Å². The minimum atomic E-state index is -4.68. The lowest BCUT2D eigenvalue weighted by molar-refractivity contribution is -0.136. The fraction of sp³-hybridized carbons (Fsp3) is 0.208. The maximum Gasteiger partial charge on any atom is 0.417 e. The lowest BCUT2D eigenvalue weighted by Crippen LogP contribution is -2.07. The van der Waals surface area contributed by atoms with Crippen LogP contribution in [-0.4, -0.2) is 0 Å². The minimum absolute atomic E-state index is 0.104. The Morgan fingerprint density at radius 2 is 1.03 bits per heavy atom. The van der Waals surface area contributed by atoms with Crippen LogP contribution in [0.4, 0.5) is 26.3 Å². The highest BCUT2D eigenvalue weighted by Gasteiger charge is 2.36. The van der Waals surface area contributed by atoms with Gasteiger partial charge < -0.3 is 0 Å². The fourth-order valence-electron chi connectivity index (χ4n) is 4.29. The van der Waals surface area contributed by atoms with Crippen LogP contribution in [0, 0.1) is 20.8 Å². The standard InChI is InChI=1S/C24H17F6P/c1-12-10-13(2)19(14(3)11-12)20-15-6-4-8-17(23(25,26)27)21(15)31-22-16(20)7-5-9-18(22)24(28,29)30/h4-11H,1-3H3. The molecule has 0 saturated heterocycles. The lowest BCUT2D eigenvalue weighted by Gasteiger charge is -2.20. The largest absolute Gasteiger partial charge is 0.417 e. The Bertz CT molecular complexity index is 1240. The molecule has 7 heteroatoms. The second-order valence-corrected chi connectivity index (χ2v) is 8.78. The van der Waals surface area contributed by atoms with E-state index in [9.17, 15) is 26.3 Å². The molecule has 31 heavy (non-hydrogen) atoms. The summed E-state index contributed by atoms with van der Waals surface area (Å²) in [6.07, 6.45) is -9.35. The van der Waals surface area contributed by atoms with Crippen LogP contribution in [-0.2, 0) is 12.4 Å². The third kappa shape index (κ3) is 3.67. The molecule has 1 aromatic heterocycles. The van der Waals surface area contributed by atoms with Crippen molar-refractivity contribution < 1.29 is 26.3 Å². The first-order valence-corrected chi connectivity index (χ1v) is 10.4. The number of halogens is 6. The van der Waals surface area contributed by atoms with Crippen LogP contribution in [0.1, 0.15) is 27.8 Å². The van der Waals surface area contributed by atoms with Gasteiger partial charge >= 0.3 is 12.4 Å². The normalized spacial score (nSPS) is 12.7. The summed E-state index contributed by atoms with van der Waals surface area (Å²) in [6.45, 7) is 5.56. The van der Waals surface area contributed by atoms with E-state index in [2.05, 4.69) is 0 Å². The number of hydrogen-bond acceptors (Lipinski definition) is 0. The lowest BCUT2D eigenvalue weighted by atomic mass is 9.89. The van der Waals surface area contributed by atoms with Gasteiger partial charge in [-0.1, -0.05) is 50.2 Å². The molecule has 0 aliphatic carbocycles. The van der Waals surface area contributed by atoms with Gasteiger partial charge in [0.15, 0.2) is 0 Å². The molecule has 0 aliphatic heterocycles. The molecule has 0 fully saturated rings. The third-order valence-corrected chi connectivity index (χ3v) is 6.78. The van der Waals surface area contributed by atoms with E-state index >= 15 is 0 Å². The summed E-state index contributed by atoms with van der Waals surface area (Å²) < 4.78 is 82.7. The third-order valence-electron chi connectivity index (χ3n) is 5.37. The zero-order valence-corrected chi connectivity index (χ0v) is 17.7. The molecule has 160 valence electrons. The Kier molecular flexibility index (Phi) is 5.05. The molecule has 0 nitrogen and oxygen atoms in total. The van der Waals surface area contributed by atoms with E-state index < -0.39 is 23.5 Å². The molecule has 0 N–H and O–H groups in total. The number of rotatable bonds is 1. The zero-order chi connectivity index (χ0) is 22.7. The van der Waals surface area contributed by atoms with Crippen molar-refractivity contribution in [3.8, 4) is 11.1 Å². The predicted octanol–water partition coefficient (Wildman–Crippen LogP) is 9.20. The van der Waals surface area contributed by atoms with Crippen molar-refractivity contribution in [2.45, 2.75) is 33.1 Å². The van der Waals surface area contributed by atoms with E-state index in [0.29, 0.717) is 21.9 Å². The Labute approximate surface area is 176 Å². The first kappa shape index (κ1) is 21.6. The van der Waals surface area contributed by atoms with Crippen LogP contribution in [0.25, 0.3) is 32.1 Å². The predicted molar refractivity (Wildman–Crippen MR) is 114 cm³/mol. The Morgan fingerprint density at radius 1 is 0.613 bits per heavy atom. The van der Waals surface area contributed by atoms with Crippen molar-refractivity contribution in [2.24, 2.45) is 0 Å². The molecular formula is C24H17F6P. The Morgan fingerprint density at radius 3 is 1.42 bits per heavy atom. The van der Waals surface area contributed by atoms with Crippen LogP contribution in [0.5, 0.6) is 0 Å². The first-order valence-electron chi connectivity index (χ1n) is 9.47. The molecule has 0 bridgehead atoms. The Balaban J connectivity index is 2.31. The van der Waals surface area contributed by atoms with E-state index in [1.807, 2.05) is 32.9 Å². The van der Waals surface area contributed by atoms with E-state index in [0.717, 1.165) is 28.8 Å². The van der Waals surface area contributed by atoms with Gasteiger partial charge in [0.25, 0.3) is 0 Å². The number of fused-ring (bicyclic) bond motifs is 2. The average Bonchev–Trinajstić information content (AvgIpc) is 2.64. The Hall–Kier alpha value is -2.59. The molecule has 4 aromatic rings. The topological polar surface area (TPSA) is 0 Å². The van der Waals surface area contributed by atoms with E-state index in [1.54, 1.807) is 12.1 Å². The molecule has 0 atom stereocenters. The summed E-state index contributed by atoms with van der Waals surface area (Å²) in [5.41, 5.74) is 1.85. The smallest absolute Gasteiger partial charge is 0.166 e. The van der Waals surface area contributed by atoms with Crippen molar-refractivity contribution in [3.63, 3.8) is 0 Å². The molecule has 4 rings (SSSR count). The monoisotopic (exact) mass is 450 g/mol. The molecule has 0 spiro atoms. The van der Waals surface area contributed by atoms with Gasteiger partial charge in [-0.25, -0.2) is 0 Å². The highest BCUT2D eigenvalue weighted by atomic mass is 31.0. The van der Waals surface area contributed by atoms with Crippen LogP contribution in [0.15, 0.2) is 48.5 Å². The van der Waals surface area contributed by atoms with Crippen LogP contribution in [0.3, 0.4) is 0 Å². The average molecular weight is 450 g/mol. The number of aryl methyl sites for hydroxylation is 3. The number of hydrogen-bond donors (Lipinski definition) is 0. The SMILES string of the molecule is Cc1cc(C)c(-c2c3cccc(C(F)(F)F)c3pc3c(C(F)(F)F)cccc23)c(C)c1. The first-order chi connectivity index (χ1) is 14.4. The van der Waals surface area contributed by atoms with Crippen molar-refractivity contribution >= 4 is 29.2 Å². The minimum Gasteiger partial charge on any atom is -0.166 e. The van der Waals surface area contributed by atoms with Crippen LogP contribution in [0.2, 0.25) is 0 Å². The summed E-state index contributed by atoms with van der Waals surface area (Å²) >= 11 is 0. The molecule has 0 unspecified atom stereocenters. The van der Waals surface area contributed by atoms with Crippen LogP contribution < -0.4 is 0 Å². The molecule has 0 aliphatic rings. The molecular weight excluding hydrogens is 433 g/mol. The molecule has 0 radical (unpaired) electrons. The molecule has 3 aromatic carbocycles. The number of benzene rings is 3. The van der Waals surface area contributed by atoms with Gasteiger partial charge in [0.1, 0.15) is 0 Å². The van der Waals surface area contributed by atoms with E-state index in [1.165, 1.54) is 12.1 Å². The summed E-state index contributed by atoms with van der Waals surface area (Å²) in [7, 11) is -0.104. The molecule has 0 saturated carbocycles. The molecule has 1 heterocycles. The van der Waals surface area contributed by atoms with Crippen LogP contribution >= 0.6 is 8.19 Å². The van der Waals surface area contributed by atoms with Crippen molar-refractivity contribution in [1.29, 1.82) is 0 Å². The van der Waals surface area contributed by atoms with Gasteiger partial charge in [-0.05, 0) is 65.9 Å². The van der Waals surface area contributed by atoms with Gasteiger partial charge in [-0.3, -0.25) is 0 Å². The van der Waals surface area contributed by atoms with Gasteiger partial charge in [0.05, 0.1) is 11.1 Å². The summed E-state index contributed by atoms with van der Waals surface area (Å²) in [5.74, 6) is 0. The maximum absolute atomic E-state index is 13.8. The van der Waals surface area contributed by atoms with Gasteiger partial charge in [0, 0.05) is 10.2 Å². The maximum atomic E-state index is 13.8. The number of alkyl halides is 6. The zero-order valence-electron chi connectivity index (χ0n) is 16.8. The van der Waals surface area contributed by atoms with Crippen molar-refractivity contribution in [3.05, 3.63) is 76.3 Å². The summed E-state index contributed by atoms with van der Waals surface area (Å²) in [6, 6.07) is 11.4. The summed E-state index contributed by atoms with van der Waals surface area (Å²) in [4.78, 5) is 0. The fourth-order valence-corrected chi connectivity index (χ4v) is 5.77. The molecule has 0 amide bonds. The van der Waals surface area contributed by atoms with Gasteiger partial charge in [0.2, 0.25) is 0 Å². The quantitative estimate of drug-likeness (QED) is 0.200. The van der Waals surface area contributed by atoms with Crippen molar-refractivity contribution in [1.82, 2.24) is 0 Å². The highest BCUT2D eigenvalue weighted by molar-refractivity contribution is 7.43. The van der Waals surface area contributed by atoms with E-state index in [-0.39, 0.29) is 18.4 Å².